The van der Waals surface area contributed by atoms with Gasteiger partial charge in [0.1, 0.15) is 5.82 Å². The number of ether oxygens (including phenoxy) is 1. The molecular weight excluding hydrogens is 297 g/mol. The third-order valence-electron chi connectivity index (χ3n) is 3.57. The lowest BCUT2D eigenvalue weighted by Gasteiger charge is -2.26. The highest BCUT2D eigenvalue weighted by Gasteiger charge is 2.36. The van der Waals surface area contributed by atoms with Crippen molar-refractivity contribution in [3.63, 3.8) is 0 Å². The van der Waals surface area contributed by atoms with Gasteiger partial charge in [-0.05, 0) is 56.0 Å². The van der Waals surface area contributed by atoms with Gasteiger partial charge in [-0.3, -0.25) is 0 Å². The smallest absolute Gasteiger partial charge is 0.126 e. The van der Waals surface area contributed by atoms with E-state index < -0.39 is 0 Å². The average Bonchev–Trinajstić information content (AvgIpc) is 3.17. The van der Waals surface area contributed by atoms with Gasteiger partial charge < -0.3 is 10.1 Å². The van der Waals surface area contributed by atoms with Crippen molar-refractivity contribution in [3.8, 4) is 0 Å². The molecule has 4 heteroatoms. The monoisotopic (exact) mass is 315 g/mol. The summed E-state index contributed by atoms with van der Waals surface area (Å²) in [6.07, 6.45) is 3.26. The summed E-state index contributed by atoms with van der Waals surface area (Å²) in [7, 11) is 3.65. The first-order valence-electron chi connectivity index (χ1n) is 6.29. The largest absolute Gasteiger partial charge is 0.380 e. The molecule has 0 saturated heterocycles. The lowest BCUT2D eigenvalue weighted by Crippen LogP contribution is -2.42. The van der Waals surface area contributed by atoms with Gasteiger partial charge in [0.2, 0.25) is 0 Å². The van der Waals surface area contributed by atoms with Crippen molar-refractivity contribution < 1.29 is 9.13 Å². The molecule has 0 aliphatic heterocycles. The Morgan fingerprint density at radius 2 is 2.22 bits per heavy atom. The van der Waals surface area contributed by atoms with Crippen LogP contribution in [0.4, 0.5) is 4.39 Å². The highest BCUT2D eigenvalue weighted by molar-refractivity contribution is 9.10. The van der Waals surface area contributed by atoms with E-state index in [1.165, 1.54) is 18.9 Å². The van der Waals surface area contributed by atoms with E-state index in [4.69, 9.17) is 4.74 Å². The van der Waals surface area contributed by atoms with Crippen molar-refractivity contribution in [1.82, 2.24) is 5.32 Å². The van der Waals surface area contributed by atoms with Crippen molar-refractivity contribution in [3.05, 3.63) is 34.1 Å². The minimum atomic E-state index is -0.149. The van der Waals surface area contributed by atoms with Crippen molar-refractivity contribution >= 4 is 15.9 Å². The SMILES string of the molecule is CNC(Cc1cc(Br)ccc1F)C(OC)C1CC1. The van der Waals surface area contributed by atoms with Crippen LogP contribution >= 0.6 is 15.9 Å². The molecule has 1 fully saturated rings. The molecule has 1 aliphatic rings. The minimum absolute atomic E-state index is 0.149. The first-order valence-corrected chi connectivity index (χ1v) is 7.09. The maximum Gasteiger partial charge on any atom is 0.126 e. The topological polar surface area (TPSA) is 21.3 Å². The van der Waals surface area contributed by atoms with Gasteiger partial charge in [0, 0.05) is 17.6 Å². The molecular formula is C14H19BrFNO. The average molecular weight is 316 g/mol. The first-order chi connectivity index (χ1) is 8.65. The summed E-state index contributed by atoms with van der Waals surface area (Å²) < 4.78 is 20.2. The summed E-state index contributed by atoms with van der Waals surface area (Å²) in [4.78, 5) is 0. The molecule has 0 bridgehead atoms. The van der Waals surface area contributed by atoms with Crippen LogP contribution in [0.5, 0.6) is 0 Å². The fraction of sp³-hybridized carbons (Fsp3) is 0.571. The van der Waals surface area contributed by atoms with E-state index in [1.54, 1.807) is 13.2 Å². The van der Waals surface area contributed by atoms with Gasteiger partial charge in [-0.2, -0.15) is 0 Å². The molecule has 0 aromatic heterocycles. The van der Waals surface area contributed by atoms with Crippen molar-refractivity contribution in [1.29, 1.82) is 0 Å². The molecule has 2 rings (SSSR count). The lowest BCUT2D eigenvalue weighted by atomic mass is 9.98. The minimum Gasteiger partial charge on any atom is -0.380 e. The summed E-state index contributed by atoms with van der Waals surface area (Å²) in [6, 6.07) is 5.23. The van der Waals surface area contributed by atoms with E-state index in [-0.39, 0.29) is 18.0 Å². The van der Waals surface area contributed by atoms with Crippen molar-refractivity contribution in [2.24, 2.45) is 5.92 Å². The summed E-state index contributed by atoms with van der Waals surface area (Å²) in [5, 5.41) is 3.26. The van der Waals surface area contributed by atoms with Crippen LogP contribution in [-0.2, 0) is 11.2 Å². The Hall–Kier alpha value is -0.450. The van der Waals surface area contributed by atoms with Crippen LogP contribution in [0.1, 0.15) is 18.4 Å². The van der Waals surface area contributed by atoms with Gasteiger partial charge in [-0.25, -0.2) is 4.39 Å². The number of halogens is 2. The van der Waals surface area contributed by atoms with Gasteiger partial charge in [-0.15, -0.1) is 0 Å². The Labute approximate surface area is 116 Å². The highest BCUT2D eigenvalue weighted by atomic mass is 79.9. The fourth-order valence-corrected chi connectivity index (χ4v) is 2.84. The van der Waals surface area contributed by atoms with Crippen LogP contribution in [-0.4, -0.2) is 26.3 Å². The molecule has 0 amide bonds. The van der Waals surface area contributed by atoms with E-state index in [0.29, 0.717) is 12.3 Å². The Balaban J connectivity index is 2.11. The molecule has 0 heterocycles. The number of benzene rings is 1. The number of methoxy groups -OCH3 is 1. The van der Waals surface area contributed by atoms with Crippen LogP contribution in [0.2, 0.25) is 0 Å². The molecule has 2 unspecified atom stereocenters. The van der Waals surface area contributed by atoms with E-state index in [1.807, 2.05) is 13.1 Å². The van der Waals surface area contributed by atoms with Gasteiger partial charge in [0.15, 0.2) is 0 Å². The maximum absolute atomic E-state index is 13.8. The van der Waals surface area contributed by atoms with Crippen LogP contribution < -0.4 is 5.32 Å². The summed E-state index contributed by atoms with van der Waals surface area (Å²) >= 11 is 3.39. The Kier molecular flexibility index (Phi) is 4.76. The second-order valence-electron chi connectivity index (χ2n) is 4.87. The Morgan fingerprint density at radius 1 is 1.50 bits per heavy atom. The molecule has 1 aliphatic carbocycles. The third kappa shape index (κ3) is 3.31. The summed E-state index contributed by atoms with van der Waals surface area (Å²) in [6.45, 7) is 0. The summed E-state index contributed by atoms with van der Waals surface area (Å²) in [5.74, 6) is 0.478. The predicted octanol–water partition coefficient (Wildman–Crippen LogP) is 3.14. The fourth-order valence-electron chi connectivity index (χ4n) is 2.43. The quantitative estimate of drug-likeness (QED) is 0.870. The molecule has 100 valence electrons. The number of likely N-dealkylation sites (N-methyl/N-ethyl adjacent to an activating group) is 1. The zero-order chi connectivity index (χ0) is 13.1. The van der Waals surface area contributed by atoms with Crippen LogP contribution in [0.25, 0.3) is 0 Å². The molecule has 2 nitrogen and oxygen atoms in total. The number of hydrogen-bond acceptors (Lipinski definition) is 2. The number of nitrogens with one attached hydrogen (secondary N) is 1. The van der Waals surface area contributed by atoms with Gasteiger partial charge in [0.25, 0.3) is 0 Å². The zero-order valence-electron chi connectivity index (χ0n) is 10.7. The molecule has 1 saturated carbocycles. The second-order valence-corrected chi connectivity index (χ2v) is 5.79. The van der Waals surface area contributed by atoms with E-state index in [9.17, 15) is 4.39 Å². The Bertz CT molecular complexity index is 409. The van der Waals surface area contributed by atoms with E-state index in [2.05, 4.69) is 21.2 Å². The molecule has 1 aromatic carbocycles. The molecule has 1 aromatic rings. The van der Waals surface area contributed by atoms with Gasteiger partial charge >= 0.3 is 0 Å². The first kappa shape index (κ1) is 14.0. The standard InChI is InChI=1S/C14H19BrFNO/c1-17-13(14(18-2)9-3-4-9)8-10-7-11(15)5-6-12(10)16/h5-7,9,13-14,17H,3-4,8H2,1-2H3. The normalized spacial score (nSPS) is 18.7. The molecule has 0 radical (unpaired) electrons. The van der Waals surface area contributed by atoms with Crippen LogP contribution in [0.3, 0.4) is 0 Å². The zero-order valence-corrected chi connectivity index (χ0v) is 12.3. The van der Waals surface area contributed by atoms with Crippen molar-refractivity contribution in [2.45, 2.75) is 31.4 Å². The maximum atomic E-state index is 13.8. The third-order valence-corrected chi connectivity index (χ3v) is 4.07. The van der Waals surface area contributed by atoms with E-state index in [0.717, 1.165) is 10.0 Å². The number of rotatable bonds is 6. The van der Waals surface area contributed by atoms with Gasteiger partial charge in [-0.1, -0.05) is 15.9 Å². The molecule has 2 atom stereocenters. The van der Waals surface area contributed by atoms with Crippen LogP contribution in [0.15, 0.2) is 22.7 Å². The number of hydrogen-bond donors (Lipinski definition) is 1. The van der Waals surface area contributed by atoms with Crippen molar-refractivity contribution in [2.75, 3.05) is 14.2 Å². The lowest BCUT2D eigenvalue weighted by molar-refractivity contribution is 0.0532. The Morgan fingerprint density at radius 3 is 2.78 bits per heavy atom. The summed E-state index contributed by atoms with van der Waals surface area (Å²) in [5.41, 5.74) is 0.728. The second kappa shape index (κ2) is 6.13. The highest BCUT2D eigenvalue weighted by Crippen LogP contribution is 2.36. The predicted molar refractivity (Wildman–Crippen MR) is 74.2 cm³/mol. The molecule has 0 spiro atoms. The van der Waals surface area contributed by atoms with Crippen LogP contribution in [0, 0.1) is 11.7 Å². The molecule has 1 N–H and O–H groups in total. The van der Waals surface area contributed by atoms with E-state index >= 15 is 0 Å². The van der Waals surface area contributed by atoms with Gasteiger partial charge in [0.05, 0.1) is 6.10 Å². The molecule has 18 heavy (non-hydrogen) atoms.